The fourth-order valence-corrected chi connectivity index (χ4v) is 1.95. The Morgan fingerprint density at radius 3 is 2.90 bits per heavy atom. The first kappa shape index (κ1) is 6.23. The lowest BCUT2D eigenvalue weighted by atomic mass is 10.1. The van der Waals surface area contributed by atoms with Crippen LogP contribution < -0.4 is 0 Å². The highest BCUT2D eigenvalue weighted by atomic mass is 15.2. The molecule has 0 saturated heterocycles. The fourth-order valence-electron chi connectivity index (χ4n) is 1.95. The summed E-state index contributed by atoms with van der Waals surface area (Å²) in [4.78, 5) is 4.76. The average molecular weight is 138 g/mol. The van der Waals surface area contributed by atoms with E-state index < -0.39 is 0 Å². The molecule has 0 aromatic rings. The number of likely N-dealkylation sites (N-methyl/N-ethyl adjacent to an activating group) is 2. The number of hydrogen-bond donors (Lipinski definition) is 0. The van der Waals surface area contributed by atoms with Gasteiger partial charge in [0.2, 0.25) is 0 Å². The minimum atomic E-state index is 0.804. The van der Waals surface area contributed by atoms with Crippen LogP contribution in [0, 0.1) is 5.92 Å². The molecule has 1 unspecified atom stereocenters. The van der Waals surface area contributed by atoms with E-state index in [9.17, 15) is 0 Å². The van der Waals surface area contributed by atoms with Crippen molar-refractivity contribution in [3.8, 4) is 0 Å². The molecule has 2 nitrogen and oxygen atoms in total. The summed E-state index contributed by atoms with van der Waals surface area (Å²) in [6.45, 7) is 3.63. The Balaban J connectivity index is 2.18. The van der Waals surface area contributed by atoms with E-state index in [1.807, 2.05) is 0 Å². The molecule has 0 N–H and O–H groups in total. The first-order chi connectivity index (χ1) is 4.75. The van der Waals surface area contributed by atoms with Crippen molar-refractivity contribution in [1.29, 1.82) is 0 Å². The molecule has 2 heterocycles. The summed E-state index contributed by atoms with van der Waals surface area (Å²) in [6.07, 6.45) is 2.42. The summed E-state index contributed by atoms with van der Waals surface area (Å²) in [7, 11) is 4.38. The topological polar surface area (TPSA) is 6.48 Å². The van der Waals surface area contributed by atoms with Gasteiger partial charge in [0.05, 0.1) is 0 Å². The average Bonchev–Trinajstić information content (AvgIpc) is 2.07. The Bertz CT molecular complexity index is 174. The molecule has 0 saturated carbocycles. The second-order valence-corrected chi connectivity index (χ2v) is 3.50. The van der Waals surface area contributed by atoms with Crippen LogP contribution in [-0.2, 0) is 0 Å². The Morgan fingerprint density at radius 1 is 1.40 bits per heavy atom. The highest BCUT2D eigenvalue weighted by Gasteiger charge is 2.26. The van der Waals surface area contributed by atoms with E-state index in [0.29, 0.717) is 0 Å². The number of fused-ring (bicyclic) bond motifs is 1. The number of nitrogens with zero attached hydrogens (tertiary/aromatic N) is 2. The molecule has 0 aliphatic carbocycles. The van der Waals surface area contributed by atoms with Crippen molar-refractivity contribution < 1.29 is 0 Å². The molecule has 1 atom stereocenters. The largest absolute Gasteiger partial charge is 0.376 e. The van der Waals surface area contributed by atoms with Gasteiger partial charge in [-0.1, -0.05) is 6.08 Å². The third-order valence-corrected chi connectivity index (χ3v) is 2.40. The highest BCUT2D eigenvalue weighted by molar-refractivity contribution is 5.15. The van der Waals surface area contributed by atoms with Gasteiger partial charge in [-0.25, -0.2) is 0 Å². The zero-order valence-electron chi connectivity index (χ0n) is 6.67. The fraction of sp³-hybridized carbons (Fsp3) is 0.750. The van der Waals surface area contributed by atoms with Crippen LogP contribution in [0.2, 0.25) is 0 Å². The predicted molar refractivity (Wildman–Crippen MR) is 41.7 cm³/mol. The van der Waals surface area contributed by atoms with Gasteiger partial charge in [-0.3, -0.25) is 4.90 Å². The molecule has 2 bridgehead atoms. The molecule has 10 heavy (non-hydrogen) atoms. The van der Waals surface area contributed by atoms with Gasteiger partial charge in [-0.2, -0.15) is 0 Å². The van der Waals surface area contributed by atoms with Crippen LogP contribution in [0.15, 0.2) is 11.8 Å². The lowest BCUT2D eigenvalue weighted by Gasteiger charge is -2.21. The molecule has 0 aromatic carbocycles. The lowest BCUT2D eigenvalue weighted by molar-refractivity contribution is 0.328. The van der Waals surface area contributed by atoms with E-state index >= 15 is 0 Å². The van der Waals surface area contributed by atoms with E-state index in [1.54, 1.807) is 0 Å². The predicted octanol–water partition coefficient (Wildman–Crippen LogP) is 0.377. The first-order valence-corrected chi connectivity index (χ1v) is 3.86. The van der Waals surface area contributed by atoms with Crippen molar-refractivity contribution >= 4 is 0 Å². The number of hydrogen-bond acceptors (Lipinski definition) is 2. The van der Waals surface area contributed by atoms with Crippen molar-refractivity contribution in [3.63, 3.8) is 0 Å². The van der Waals surface area contributed by atoms with Gasteiger partial charge in [0.1, 0.15) is 0 Å². The molecule has 2 rings (SSSR count). The van der Waals surface area contributed by atoms with Gasteiger partial charge in [-0.05, 0) is 7.05 Å². The highest BCUT2D eigenvalue weighted by Crippen LogP contribution is 2.24. The van der Waals surface area contributed by atoms with Crippen LogP contribution in [0.4, 0.5) is 0 Å². The molecular weight excluding hydrogens is 124 g/mol. The minimum Gasteiger partial charge on any atom is -0.376 e. The van der Waals surface area contributed by atoms with E-state index in [0.717, 1.165) is 12.5 Å². The SMILES string of the molecule is CN1CC2=CC(C1)CN2C. The van der Waals surface area contributed by atoms with Gasteiger partial charge in [0.25, 0.3) is 0 Å². The van der Waals surface area contributed by atoms with E-state index in [2.05, 4.69) is 30.0 Å². The Kier molecular flexibility index (Phi) is 1.24. The van der Waals surface area contributed by atoms with E-state index in [4.69, 9.17) is 0 Å². The van der Waals surface area contributed by atoms with Gasteiger partial charge >= 0.3 is 0 Å². The summed E-state index contributed by atoms with van der Waals surface area (Å²) in [5.74, 6) is 0.804. The Hall–Kier alpha value is -0.500. The van der Waals surface area contributed by atoms with Crippen LogP contribution in [0.5, 0.6) is 0 Å². The molecule has 0 aromatic heterocycles. The zero-order chi connectivity index (χ0) is 7.14. The van der Waals surface area contributed by atoms with Gasteiger partial charge in [0.15, 0.2) is 0 Å². The monoisotopic (exact) mass is 138 g/mol. The first-order valence-electron chi connectivity index (χ1n) is 3.86. The Labute approximate surface area is 62.1 Å². The zero-order valence-corrected chi connectivity index (χ0v) is 6.67. The van der Waals surface area contributed by atoms with Crippen molar-refractivity contribution in [1.82, 2.24) is 9.80 Å². The molecule has 0 radical (unpaired) electrons. The normalized spacial score (nSPS) is 32.8. The summed E-state index contributed by atoms with van der Waals surface area (Å²) >= 11 is 0. The van der Waals surface area contributed by atoms with Crippen molar-refractivity contribution in [3.05, 3.63) is 11.8 Å². The Morgan fingerprint density at radius 2 is 2.20 bits per heavy atom. The maximum Gasteiger partial charge on any atom is 0.0377 e. The summed E-state index contributed by atoms with van der Waals surface area (Å²) in [5, 5.41) is 0. The van der Waals surface area contributed by atoms with Crippen LogP contribution in [0.1, 0.15) is 0 Å². The van der Waals surface area contributed by atoms with E-state index in [-0.39, 0.29) is 0 Å². The second kappa shape index (κ2) is 1.99. The van der Waals surface area contributed by atoms with Gasteiger partial charge in [-0.15, -0.1) is 0 Å². The minimum absolute atomic E-state index is 0.804. The second-order valence-electron chi connectivity index (χ2n) is 3.50. The van der Waals surface area contributed by atoms with Crippen LogP contribution in [0.3, 0.4) is 0 Å². The summed E-state index contributed by atoms with van der Waals surface area (Å²) < 4.78 is 0. The molecular formula is C8H14N2. The molecule has 0 amide bonds. The van der Waals surface area contributed by atoms with Crippen LogP contribution in [0.25, 0.3) is 0 Å². The van der Waals surface area contributed by atoms with Gasteiger partial charge < -0.3 is 4.90 Å². The molecule has 2 aliphatic heterocycles. The quantitative estimate of drug-likeness (QED) is 0.477. The summed E-state index contributed by atoms with van der Waals surface area (Å²) in [5.41, 5.74) is 1.51. The van der Waals surface area contributed by atoms with E-state index in [1.165, 1.54) is 18.8 Å². The molecule has 0 spiro atoms. The van der Waals surface area contributed by atoms with Crippen LogP contribution in [-0.4, -0.2) is 43.5 Å². The smallest absolute Gasteiger partial charge is 0.0377 e. The summed E-state index contributed by atoms with van der Waals surface area (Å²) in [6, 6.07) is 0. The van der Waals surface area contributed by atoms with Gasteiger partial charge in [0, 0.05) is 38.3 Å². The molecule has 0 fully saturated rings. The molecule has 2 heteroatoms. The standard InChI is InChI=1S/C8H14N2/c1-9-4-7-3-8(6-9)10(2)5-7/h3,7H,4-6H2,1-2H3. The lowest BCUT2D eigenvalue weighted by Crippen LogP contribution is -2.28. The maximum atomic E-state index is 2.42. The van der Waals surface area contributed by atoms with Crippen molar-refractivity contribution in [2.75, 3.05) is 33.7 Å². The maximum absolute atomic E-state index is 2.42. The molecule has 56 valence electrons. The van der Waals surface area contributed by atoms with Crippen LogP contribution >= 0.6 is 0 Å². The molecule has 2 aliphatic rings. The third kappa shape index (κ3) is 0.833. The van der Waals surface area contributed by atoms with Crippen molar-refractivity contribution in [2.45, 2.75) is 0 Å². The number of rotatable bonds is 0. The third-order valence-electron chi connectivity index (χ3n) is 2.40. The van der Waals surface area contributed by atoms with Crippen molar-refractivity contribution in [2.24, 2.45) is 5.92 Å².